The molecule has 4 aliphatic rings. The maximum atomic E-state index is 14.3. The Morgan fingerprint density at radius 3 is 2.83 bits per heavy atom. The van der Waals surface area contributed by atoms with Gasteiger partial charge in [0.25, 0.3) is 0 Å². The van der Waals surface area contributed by atoms with Gasteiger partial charge in [-0.25, -0.2) is 4.79 Å². The third kappa shape index (κ3) is 4.05. The smallest absolute Gasteiger partial charge is 0.334 e. The average Bonchev–Trinajstić information content (AvgIpc) is 3.64. The molecule has 41 heavy (non-hydrogen) atoms. The summed E-state index contributed by atoms with van der Waals surface area (Å²) in [6.45, 7) is 7.86. The number of hydrogen-bond acceptors (Lipinski definition) is 10. The minimum atomic E-state index is -1.00. The predicted octanol–water partition coefficient (Wildman–Crippen LogP) is 3.32. The molecule has 1 aliphatic carbocycles. The number of fused-ring (bicyclic) bond motifs is 5. The van der Waals surface area contributed by atoms with Crippen LogP contribution in [0.4, 0.5) is 0 Å². The summed E-state index contributed by atoms with van der Waals surface area (Å²) < 4.78 is 42.1. The van der Waals surface area contributed by atoms with Crippen molar-refractivity contribution in [3.8, 4) is 28.7 Å². The van der Waals surface area contributed by atoms with Gasteiger partial charge in [-0.1, -0.05) is 26.1 Å². The zero-order valence-corrected chi connectivity index (χ0v) is 23.5. The molecule has 10 nitrogen and oxygen atoms in total. The number of methoxy groups -OCH3 is 1. The van der Waals surface area contributed by atoms with Gasteiger partial charge in [0, 0.05) is 23.1 Å². The Balaban J connectivity index is 0.00000353. The van der Waals surface area contributed by atoms with Crippen molar-refractivity contribution in [2.24, 2.45) is 0 Å². The fraction of sp³-hybridized carbons (Fsp3) is 0.448. The highest BCUT2D eigenvalue weighted by atomic mass is 32.2. The number of amides is 1. The summed E-state index contributed by atoms with van der Waals surface area (Å²) in [5.41, 5.74) is 2.96. The summed E-state index contributed by atoms with van der Waals surface area (Å²) in [5.74, 6) is 2.10. The standard InChI is InChI=1S/C28H30BN2O8S.CH4/c1-6-7-35-22-14(3)23-24(37-12-36-23)19-17-11-28(20(19)22)25(27(33)38-28)31(17)26(32)16(30-4)9-15-8-13(2)21(34-5)18(10-15)39-40-29;/h6,8,10,16-17,25,29-30H,1,7,9,11-12H2,2-5H3;1H4/t16-,17-,25+,28-;/m0./s1/i29T;. The largest absolute Gasteiger partial charge is 0.493 e. The van der Waals surface area contributed by atoms with Crippen LogP contribution in [0.25, 0.3) is 0 Å². The Kier molecular flexibility index (Phi) is 7.23. The van der Waals surface area contributed by atoms with Gasteiger partial charge in [-0.15, -0.1) is 0 Å². The predicted molar refractivity (Wildman–Crippen MR) is 155 cm³/mol. The molecule has 1 radical (unpaired) electrons. The Labute approximate surface area is 246 Å². The highest BCUT2D eigenvalue weighted by molar-refractivity contribution is 8.16. The van der Waals surface area contributed by atoms with E-state index in [0.717, 1.165) is 46.8 Å². The molecule has 6 rings (SSSR count). The normalized spacial score (nSPS) is 23.3. The van der Waals surface area contributed by atoms with Crippen LogP contribution in [0, 0.1) is 13.8 Å². The summed E-state index contributed by atoms with van der Waals surface area (Å²) in [5, 5.41) is 3.15. The Bertz CT molecular complexity index is 1460. The Hall–Kier alpha value is -3.51. The van der Waals surface area contributed by atoms with Crippen LogP contribution in [0.1, 0.15) is 47.7 Å². The van der Waals surface area contributed by atoms with E-state index in [-0.39, 0.29) is 26.7 Å². The lowest BCUT2D eigenvalue weighted by Crippen LogP contribution is -2.65. The molecule has 4 atom stereocenters. The zero-order chi connectivity index (χ0) is 29.1. The van der Waals surface area contributed by atoms with Crippen molar-refractivity contribution in [3.63, 3.8) is 0 Å². The quantitative estimate of drug-likeness (QED) is 0.183. The highest BCUT2D eigenvalue weighted by Gasteiger charge is 2.75. The van der Waals surface area contributed by atoms with Crippen LogP contribution < -0.4 is 28.4 Å². The fourth-order valence-corrected chi connectivity index (χ4v) is 6.90. The summed E-state index contributed by atoms with van der Waals surface area (Å²) in [6.07, 6.45) is 2.40. The van der Waals surface area contributed by atoms with Crippen LogP contribution in [0.15, 0.2) is 24.8 Å². The molecule has 3 aliphatic heterocycles. The van der Waals surface area contributed by atoms with E-state index in [9.17, 15) is 9.59 Å². The third-order valence-electron chi connectivity index (χ3n) is 8.18. The molecule has 2 saturated heterocycles. The molecule has 217 valence electrons. The highest BCUT2D eigenvalue weighted by Crippen LogP contribution is 2.69. The summed E-state index contributed by atoms with van der Waals surface area (Å²) in [4.78, 5) is 28.9. The number of nitrogens with zero attached hydrogens (tertiary/aromatic N) is 1. The van der Waals surface area contributed by atoms with Gasteiger partial charge in [0.2, 0.25) is 19.8 Å². The van der Waals surface area contributed by atoms with E-state index < -0.39 is 29.7 Å². The number of ether oxygens (including phenoxy) is 5. The molecular formula is C29H34BN2O8S. The molecule has 2 bridgehead atoms. The Morgan fingerprint density at radius 2 is 2.15 bits per heavy atom. The number of carbonyl (C=O) groups excluding carboxylic acids is 2. The number of carbonyl (C=O) groups is 2. The summed E-state index contributed by atoms with van der Waals surface area (Å²) in [6, 6.07) is 1.87. The number of likely N-dealkylation sites (N-methyl/N-ethyl adjacent to an activating group) is 1. The molecule has 1 spiro atoms. The molecule has 2 aromatic carbocycles. The third-order valence-corrected chi connectivity index (χ3v) is 8.45. The first-order chi connectivity index (χ1) is 19.8. The number of rotatable bonds is 11. The van der Waals surface area contributed by atoms with Crippen LogP contribution >= 0.6 is 11.9 Å². The molecule has 1 N–H and O–H groups in total. The molecule has 3 heterocycles. The van der Waals surface area contributed by atoms with Crippen molar-refractivity contribution in [1.29, 1.82) is 1.34 Å². The van der Waals surface area contributed by atoms with Gasteiger partial charge in [0.15, 0.2) is 34.6 Å². The molecule has 2 aromatic rings. The van der Waals surface area contributed by atoms with Crippen LogP contribution in [-0.4, -0.2) is 64.8 Å². The van der Waals surface area contributed by atoms with Gasteiger partial charge in [-0.05, 0) is 57.7 Å². The summed E-state index contributed by atoms with van der Waals surface area (Å²) in [7, 11) is 4.35. The number of likely N-dealkylation sites (tertiary alicyclic amines) is 1. The van der Waals surface area contributed by atoms with Gasteiger partial charge < -0.3 is 38.1 Å². The van der Waals surface area contributed by atoms with E-state index in [0.29, 0.717) is 41.6 Å². The molecule has 0 saturated carbocycles. The number of aryl methyl sites for hydroxylation is 1. The van der Waals surface area contributed by atoms with Crippen LogP contribution in [0.3, 0.4) is 0 Å². The second kappa shape index (κ2) is 10.7. The zero-order valence-electron chi connectivity index (χ0n) is 23.7. The van der Waals surface area contributed by atoms with E-state index in [1.807, 2.05) is 19.9 Å². The van der Waals surface area contributed by atoms with E-state index in [4.69, 9.17) is 29.2 Å². The number of esters is 1. The number of benzene rings is 2. The molecule has 2 fully saturated rings. The van der Waals surface area contributed by atoms with E-state index in [2.05, 4.69) is 11.9 Å². The van der Waals surface area contributed by atoms with Gasteiger partial charge in [-0.2, -0.15) is 0 Å². The monoisotopic (exact) mass is 583 g/mol. The van der Waals surface area contributed by atoms with Crippen molar-refractivity contribution >= 4 is 30.9 Å². The van der Waals surface area contributed by atoms with E-state index in [1.54, 1.807) is 31.2 Å². The second-order valence-electron chi connectivity index (χ2n) is 10.3. The minimum absolute atomic E-state index is 0. The van der Waals surface area contributed by atoms with Crippen molar-refractivity contribution in [2.75, 3.05) is 27.6 Å². The fourth-order valence-electron chi connectivity index (χ4n) is 6.67. The average molecular weight is 583 g/mol. The first kappa shape index (κ1) is 27.7. The van der Waals surface area contributed by atoms with Gasteiger partial charge in [0.1, 0.15) is 12.4 Å². The van der Waals surface area contributed by atoms with Gasteiger partial charge >= 0.3 is 5.97 Å². The molecule has 1 amide bonds. The summed E-state index contributed by atoms with van der Waals surface area (Å²) >= 11 is 0.867. The van der Waals surface area contributed by atoms with Crippen LogP contribution in [-0.2, 0) is 26.3 Å². The number of hydrogen-bond donors (Lipinski definition) is 1. The maximum Gasteiger partial charge on any atom is 0.334 e. The molecular weight excluding hydrogens is 547 g/mol. The van der Waals surface area contributed by atoms with Crippen molar-refractivity contribution < 1.29 is 37.5 Å². The first-order valence-corrected chi connectivity index (χ1v) is 13.7. The maximum absolute atomic E-state index is 14.3. The van der Waals surface area contributed by atoms with E-state index in [1.165, 1.54) is 0 Å². The minimum Gasteiger partial charge on any atom is -0.493 e. The first-order valence-electron chi connectivity index (χ1n) is 13.5. The van der Waals surface area contributed by atoms with Crippen LogP contribution in [0.2, 0.25) is 0 Å². The molecule has 0 unspecified atom stereocenters. The lowest BCUT2D eigenvalue weighted by Gasteiger charge is -2.48. The number of nitrogens with one attached hydrogen (secondary N) is 1. The molecule has 12 heteroatoms. The lowest BCUT2D eigenvalue weighted by molar-refractivity contribution is -0.209. The van der Waals surface area contributed by atoms with Crippen molar-refractivity contribution in [3.05, 3.63) is 52.6 Å². The molecule has 0 aromatic heterocycles. The van der Waals surface area contributed by atoms with E-state index >= 15 is 0 Å². The van der Waals surface area contributed by atoms with Crippen LogP contribution in [0.5, 0.6) is 28.7 Å². The van der Waals surface area contributed by atoms with Gasteiger partial charge in [0.05, 0.1) is 19.2 Å². The van der Waals surface area contributed by atoms with Crippen molar-refractivity contribution in [1.82, 2.24) is 10.2 Å². The Morgan fingerprint density at radius 1 is 1.37 bits per heavy atom. The second-order valence-corrected chi connectivity index (χ2v) is 10.6. The topological polar surface area (TPSA) is 105 Å². The van der Waals surface area contributed by atoms with Crippen molar-refractivity contribution in [2.45, 2.75) is 57.8 Å². The SMILES string of the molecule is C.[3H][B]SOc1cc(C[C@H](NC)C(=O)N2[C@H]3C[C@]4(OC(=O)[C@@H]24)c2c(OCC=C)c(C)c4c(c23)OCO4)cc(C)c1OC. The lowest BCUT2D eigenvalue weighted by atomic mass is 9.80. The van der Waals surface area contributed by atoms with Gasteiger partial charge in [-0.3, -0.25) is 4.79 Å².